The molecular formula is C19H25N3O2. The van der Waals surface area contributed by atoms with Crippen LogP contribution in [0.25, 0.3) is 0 Å². The van der Waals surface area contributed by atoms with Gasteiger partial charge in [0.15, 0.2) is 0 Å². The summed E-state index contributed by atoms with van der Waals surface area (Å²) >= 11 is 0. The lowest BCUT2D eigenvalue weighted by Crippen LogP contribution is -2.42. The van der Waals surface area contributed by atoms with Gasteiger partial charge in [-0.15, -0.1) is 0 Å². The molecular weight excluding hydrogens is 302 g/mol. The molecule has 1 aliphatic rings. The molecule has 1 aliphatic heterocycles. The molecule has 24 heavy (non-hydrogen) atoms. The second-order valence-corrected chi connectivity index (χ2v) is 6.49. The zero-order valence-electron chi connectivity index (χ0n) is 13.9. The summed E-state index contributed by atoms with van der Waals surface area (Å²) in [5.41, 5.74) is 0.920. The van der Waals surface area contributed by atoms with E-state index in [1.807, 2.05) is 41.4 Å². The largest absolute Gasteiger partial charge is 0.388 e. The molecule has 128 valence electrons. The molecule has 5 heteroatoms. The van der Waals surface area contributed by atoms with Crippen molar-refractivity contribution < 1.29 is 9.90 Å². The first-order valence-corrected chi connectivity index (χ1v) is 8.72. The maximum Gasteiger partial charge on any atom is 0.242 e. The Kier molecular flexibility index (Phi) is 5.64. The Balaban J connectivity index is 1.69. The number of carbonyl (C=O) groups excluding carboxylic acids is 1. The average Bonchev–Trinajstić information content (AvgIpc) is 3.00. The van der Waals surface area contributed by atoms with E-state index in [2.05, 4.69) is 4.98 Å². The van der Waals surface area contributed by atoms with Crippen LogP contribution in [-0.2, 0) is 11.3 Å². The third kappa shape index (κ3) is 4.23. The Morgan fingerprint density at radius 1 is 1.25 bits per heavy atom. The highest BCUT2D eigenvalue weighted by Gasteiger charge is 2.27. The van der Waals surface area contributed by atoms with Gasteiger partial charge in [0.25, 0.3) is 0 Å². The fourth-order valence-corrected chi connectivity index (χ4v) is 3.45. The van der Waals surface area contributed by atoms with Crippen molar-refractivity contribution in [1.82, 2.24) is 14.5 Å². The van der Waals surface area contributed by atoms with Crippen molar-refractivity contribution in [1.29, 1.82) is 0 Å². The molecule has 1 aromatic carbocycles. The standard InChI is InChI=1S/C19H25N3O2/c23-18(16-7-3-1-4-8-16)13-17-9-5-2-6-11-22(17)19(24)14-21-12-10-20-15-21/h1,3-4,7-8,10,12,15,17-18,23H,2,5-6,9,11,13-14H2/t17-,18+/m0/s1. The van der Waals surface area contributed by atoms with Gasteiger partial charge in [0.2, 0.25) is 5.91 Å². The minimum atomic E-state index is -0.530. The van der Waals surface area contributed by atoms with Crippen molar-refractivity contribution in [2.45, 2.75) is 50.8 Å². The van der Waals surface area contributed by atoms with Crippen molar-refractivity contribution >= 4 is 5.91 Å². The third-order valence-electron chi connectivity index (χ3n) is 4.75. The van der Waals surface area contributed by atoms with Crippen molar-refractivity contribution in [2.24, 2.45) is 0 Å². The monoisotopic (exact) mass is 327 g/mol. The van der Waals surface area contributed by atoms with Crippen LogP contribution < -0.4 is 0 Å². The predicted octanol–water partition coefficient (Wildman–Crippen LogP) is 2.78. The summed E-state index contributed by atoms with van der Waals surface area (Å²) in [7, 11) is 0. The number of hydrogen-bond acceptors (Lipinski definition) is 3. The van der Waals surface area contributed by atoms with Crippen LogP contribution in [-0.4, -0.2) is 38.1 Å². The number of imidazole rings is 1. The highest BCUT2D eigenvalue weighted by Crippen LogP contribution is 2.26. The number of benzene rings is 1. The molecule has 0 bridgehead atoms. The third-order valence-corrected chi connectivity index (χ3v) is 4.75. The molecule has 1 N–H and O–H groups in total. The lowest BCUT2D eigenvalue weighted by atomic mass is 9.98. The van der Waals surface area contributed by atoms with E-state index in [1.165, 1.54) is 0 Å². The highest BCUT2D eigenvalue weighted by atomic mass is 16.3. The smallest absolute Gasteiger partial charge is 0.242 e. The summed E-state index contributed by atoms with van der Waals surface area (Å²) in [6, 6.07) is 9.81. The minimum Gasteiger partial charge on any atom is -0.388 e. The van der Waals surface area contributed by atoms with Gasteiger partial charge >= 0.3 is 0 Å². The SMILES string of the molecule is O=C(Cn1ccnc1)N1CCCCC[C@H]1C[C@@H](O)c1ccccc1. The zero-order valence-corrected chi connectivity index (χ0v) is 13.9. The van der Waals surface area contributed by atoms with Crippen molar-refractivity contribution in [3.63, 3.8) is 0 Å². The lowest BCUT2D eigenvalue weighted by Gasteiger charge is -2.32. The molecule has 2 heterocycles. The van der Waals surface area contributed by atoms with E-state index in [9.17, 15) is 9.90 Å². The molecule has 0 saturated carbocycles. The Morgan fingerprint density at radius 3 is 2.83 bits per heavy atom. The molecule has 1 amide bonds. The normalized spacial score (nSPS) is 19.7. The summed E-state index contributed by atoms with van der Waals surface area (Å²) in [6.07, 6.45) is 9.48. The van der Waals surface area contributed by atoms with E-state index in [-0.39, 0.29) is 11.9 Å². The fourth-order valence-electron chi connectivity index (χ4n) is 3.45. The Morgan fingerprint density at radius 2 is 2.08 bits per heavy atom. The first-order valence-electron chi connectivity index (χ1n) is 8.72. The Bertz CT molecular complexity index is 627. The van der Waals surface area contributed by atoms with Crippen LogP contribution in [0, 0.1) is 0 Å². The van der Waals surface area contributed by atoms with Gasteiger partial charge in [-0.25, -0.2) is 4.98 Å². The van der Waals surface area contributed by atoms with Crippen molar-refractivity contribution in [3.8, 4) is 0 Å². The number of carbonyl (C=O) groups is 1. The number of hydrogen-bond donors (Lipinski definition) is 1. The fraction of sp³-hybridized carbons (Fsp3) is 0.474. The molecule has 1 saturated heterocycles. The summed E-state index contributed by atoms with van der Waals surface area (Å²) in [4.78, 5) is 18.7. The first-order chi connectivity index (χ1) is 11.7. The maximum absolute atomic E-state index is 12.7. The Labute approximate surface area is 142 Å². The molecule has 0 unspecified atom stereocenters. The topological polar surface area (TPSA) is 58.4 Å². The van der Waals surface area contributed by atoms with Gasteiger partial charge in [-0.05, 0) is 24.8 Å². The van der Waals surface area contributed by atoms with Crippen LogP contribution in [0.5, 0.6) is 0 Å². The lowest BCUT2D eigenvalue weighted by molar-refractivity contribution is -0.134. The van der Waals surface area contributed by atoms with Crippen LogP contribution in [0.15, 0.2) is 49.1 Å². The number of rotatable bonds is 5. The van der Waals surface area contributed by atoms with Crippen molar-refractivity contribution in [2.75, 3.05) is 6.54 Å². The number of likely N-dealkylation sites (tertiary alicyclic amines) is 1. The van der Waals surface area contributed by atoms with E-state index in [0.717, 1.165) is 37.8 Å². The van der Waals surface area contributed by atoms with Gasteiger partial charge in [0, 0.05) is 25.0 Å². The van der Waals surface area contributed by atoms with E-state index < -0.39 is 6.10 Å². The van der Waals surface area contributed by atoms with Crippen LogP contribution >= 0.6 is 0 Å². The molecule has 3 rings (SSSR count). The van der Waals surface area contributed by atoms with E-state index in [1.54, 1.807) is 17.1 Å². The van der Waals surface area contributed by atoms with E-state index >= 15 is 0 Å². The number of amides is 1. The first kappa shape index (κ1) is 16.7. The predicted molar refractivity (Wildman–Crippen MR) is 92.2 cm³/mol. The summed E-state index contributed by atoms with van der Waals surface area (Å²) in [6.45, 7) is 1.09. The molecule has 5 nitrogen and oxygen atoms in total. The second kappa shape index (κ2) is 8.11. The zero-order chi connectivity index (χ0) is 16.8. The number of aliphatic hydroxyl groups is 1. The molecule has 1 aromatic heterocycles. The Hall–Kier alpha value is -2.14. The minimum absolute atomic E-state index is 0.0960. The van der Waals surface area contributed by atoms with Gasteiger partial charge in [-0.3, -0.25) is 4.79 Å². The highest BCUT2D eigenvalue weighted by molar-refractivity contribution is 5.76. The van der Waals surface area contributed by atoms with Gasteiger partial charge in [0.1, 0.15) is 6.54 Å². The van der Waals surface area contributed by atoms with Gasteiger partial charge in [0.05, 0.1) is 12.4 Å². The summed E-state index contributed by atoms with van der Waals surface area (Å²) < 4.78 is 1.80. The number of aromatic nitrogens is 2. The maximum atomic E-state index is 12.7. The summed E-state index contributed by atoms with van der Waals surface area (Å²) in [5, 5.41) is 10.6. The second-order valence-electron chi connectivity index (χ2n) is 6.49. The molecule has 0 radical (unpaired) electrons. The number of aliphatic hydroxyl groups excluding tert-OH is 1. The van der Waals surface area contributed by atoms with Crippen LogP contribution in [0.3, 0.4) is 0 Å². The van der Waals surface area contributed by atoms with Crippen LogP contribution in [0.2, 0.25) is 0 Å². The van der Waals surface area contributed by atoms with E-state index in [4.69, 9.17) is 0 Å². The summed E-state index contributed by atoms with van der Waals surface area (Å²) in [5.74, 6) is 0.111. The van der Waals surface area contributed by atoms with Crippen LogP contribution in [0.4, 0.5) is 0 Å². The number of nitrogens with zero attached hydrogens (tertiary/aromatic N) is 3. The van der Waals surface area contributed by atoms with Crippen LogP contribution in [0.1, 0.15) is 43.8 Å². The molecule has 2 atom stereocenters. The molecule has 1 fully saturated rings. The van der Waals surface area contributed by atoms with E-state index in [0.29, 0.717) is 13.0 Å². The molecule has 0 aliphatic carbocycles. The van der Waals surface area contributed by atoms with Crippen molar-refractivity contribution in [3.05, 3.63) is 54.6 Å². The van der Waals surface area contributed by atoms with Gasteiger partial charge in [-0.2, -0.15) is 0 Å². The van der Waals surface area contributed by atoms with Gasteiger partial charge < -0.3 is 14.6 Å². The quantitative estimate of drug-likeness (QED) is 0.919. The average molecular weight is 327 g/mol. The van der Waals surface area contributed by atoms with Gasteiger partial charge in [-0.1, -0.05) is 43.2 Å². The molecule has 2 aromatic rings. The molecule has 0 spiro atoms.